The number of benzene rings is 1. The molecule has 6 nitrogen and oxygen atoms in total. The average molecular weight is 577 g/mol. The summed E-state index contributed by atoms with van der Waals surface area (Å²) in [5.74, 6) is -0.958. The van der Waals surface area contributed by atoms with E-state index in [2.05, 4.69) is 68.8 Å². The van der Waals surface area contributed by atoms with Crippen LogP contribution in [0.1, 0.15) is 38.8 Å². The normalized spacial score (nSPS) is 15.5. The molecule has 0 N–H and O–H groups in total. The number of hydrogen-bond acceptors (Lipinski definition) is 6. The number of Topliss-reactive ketones (excluding diaryl/α,β-unsaturated/α-hetero) is 4. The van der Waals surface area contributed by atoms with Gasteiger partial charge in [-0.2, -0.15) is 0 Å². The molecule has 4 rings (SSSR count). The van der Waals surface area contributed by atoms with E-state index in [9.17, 15) is 19.2 Å². The Balaban J connectivity index is 2.48. The summed E-state index contributed by atoms with van der Waals surface area (Å²) in [5.41, 5.74) is 34.5. The van der Waals surface area contributed by atoms with Crippen molar-refractivity contribution in [3.05, 3.63) is 123 Å². The Morgan fingerprint density at radius 1 is 0.386 bits per heavy atom. The maximum Gasteiger partial charge on any atom is 0.198 e. The van der Waals surface area contributed by atoms with Crippen molar-refractivity contribution in [2.24, 2.45) is 0 Å². The third-order valence-corrected chi connectivity index (χ3v) is 7.56. The maximum atomic E-state index is 13.2. The van der Waals surface area contributed by atoms with Crippen molar-refractivity contribution in [3.63, 3.8) is 0 Å². The number of carbonyl (C=O) groups excluding carboxylic acids is 4. The Kier molecular flexibility index (Phi) is 8.65. The van der Waals surface area contributed by atoms with Gasteiger partial charge in [0.2, 0.25) is 0 Å². The van der Waals surface area contributed by atoms with Gasteiger partial charge in [-0.25, -0.2) is 0 Å². The number of methoxy groups -OCH3 is 2. The minimum absolute atomic E-state index is 0.114. The molecule has 212 valence electrons. The molecule has 1 aromatic carbocycles. The van der Waals surface area contributed by atoms with Crippen molar-refractivity contribution in [3.8, 4) is 11.5 Å². The predicted octanol–water partition coefficient (Wildman–Crippen LogP) is 3.77. The third kappa shape index (κ3) is 5.27. The van der Waals surface area contributed by atoms with E-state index in [1.807, 2.05) is 13.8 Å². The molecule has 0 aliphatic heterocycles. The zero-order valence-corrected chi connectivity index (χ0v) is 25.4. The minimum Gasteiger partial charge on any atom is -0.495 e. The molecule has 0 spiro atoms. The van der Waals surface area contributed by atoms with E-state index in [0.717, 1.165) is 11.1 Å². The molecule has 0 bridgehead atoms. The fraction of sp³-hybridized carbons (Fsp3) is 0.211. The first-order valence-electron chi connectivity index (χ1n) is 13.3. The van der Waals surface area contributed by atoms with Crippen LogP contribution in [0, 0.1) is 13.8 Å². The standard InChI is InChI=1S/C38H24O6/c1-21-23(3)35(41)29-17-11-13-19-31-32(38(44-8)26(6)25(5)37(31)43-7)20-14-12-18-30-28(16-10-9-15-27(29)33(21)39)34(40)22(2)24(4)36(30)42/h1-8H3. The van der Waals surface area contributed by atoms with Gasteiger partial charge in [0.25, 0.3) is 0 Å². The van der Waals surface area contributed by atoms with Crippen molar-refractivity contribution in [2.45, 2.75) is 41.5 Å². The van der Waals surface area contributed by atoms with Gasteiger partial charge in [0.15, 0.2) is 23.1 Å². The highest BCUT2D eigenvalue weighted by atomic mass is 16.5. The van der Waals surface area contributed by atoms with Crippen LogP contribution in [0.2, 0.25) is 0 Å². The Morgan fingerprint density at radius 2 is 0.614 bits per heavy atom. The number of ether oxygens (including phenoxy) is 2. The summed E-state index contributed by atoms with van der Waals surface area (Å²) in [6.07, 6.45) is 0. The van der Waals surface area contributed by atoms with E-state index in [-0.39, 0.29) is 44.6 Å². The van der Waals surface area contributed by atoms with Gasteiger partial charge in [-0.05, 0) is 121 Å². The summed E-state index contributed by atoms with van der Waals surface area (Å²) in [5, 5.41) is 0.737. The third-order valence-electron chi connectivity index (χ3n) is 7.56. The fourth-order valence-electron chi connectivity index (χ4n) is 4.62. The Labute approximate surface area is 253 Å². The lowest BCUT2D eigenvalue weighted by atomic mass is 9.84. The van der Waals surface area contributed by atoms with Crippen molar-refractivity contribution in [2.75, 3.05) is 14.2 Å². The van der Waals surface area contributed by atoms with Crippen LogP contribution >= 0.6 is 0 Å². The Morgan fingerprint density at radius 3 is 0.841 bits per heavy atom. The van der Waals surface area contributed by atoms with Gasteiger partial charge < -0.3 is 9.47 Å². The van der Waals surface area contributed by atoms with E-state index >= 15 is 0 Å². The number of allylic oxidation sites excluding steroid dienone is 8. The van der Waals surface area contributed by atoms with Gasteiger partial charge in [-0.1, -0.05) is 0 Å². The van der Waals surface area contributed by atoms with Crippen molar-refractivity contribution < 1.29 is 28.7 Å². The van der Waals surface area contributed by atoms with Crippen LogP contribution in [0.4, 0.5) is 0 Å². The van der Waals surface area contributed by atoms with Crippen LogP contribution in [0.3, 0.4) is 0 Å². The smallest absolute Gasteiger partial charge is 0.198 e. The van der Waals surface area contributed by atoms with E-state index in [0.29, 0.717) is 21.9 Å². The van der Waals surface area contributed by atoms with Crippen molar-refractivity contribution in [1.82, 2.24) is 0 Å². The Hall–Kier alpha value is -6.18. The molecular formula is C38H24O6. The van der Waals surface area contributed by atoms with Gasteiger partial charge in [-0.3, -0.25) is 19.2 Å². The highest BCUT2D eigenvalue weighted by Crippen LogP contribution is 2.27. The van der Waals surface area contributed by atoms with Crippen LogP contribution in [0.5, 0.6) is 11.5 Å². The van der Waals surface area contributed by atoms with E-state index in [1.165, 1.54) is 28.1 Å². The molecule has 1 aromatic rings. The minimum atomic E-state index is -0.467. The highest BCUT2D eigenvalue weighted by molar-refractivity contribution is 6.29. The molecule has 0 radical (unpaired) electrons. The van der Waals surface area contributed by atoms with E-state index < -0.39 is 23.1 Å². The first kappa shape index (κ1) is 30.8. The maximum absolute atomic E-state index is 13.2. The molecule has 0 saturated carbocycles. The summed E-state index contributed by atoms with van der Waals surface area (Å²) in [7, 11) is 3.00. The summed E-state index contributed by atoms with van der Waals surface area (Å²) in [6.45, 7) is 9.85. The van der Waals surface area contributed by atoms with Crippen LogP contribution in [0.15, 0.2) is 102 Å². The molecule has 0 heterocycles. The zero-order chi connectivity index (χ0) is 32.3. The molecule has 0 unspecified atom stereocenters. The molecule has 6 heteroatoms. The number of rotatable bonds is 2. The van der Waals surface area contributed by atoms with Gasteiger partial charge >= 0.3 is 0 Å². The molecule has 44 heavy (non-hydrogen) atoms. The van der Waals surface area contributed by atoms with Crippen LogP contribution < -0.4 is 19.9 Å². The quantitative estimate of drug-likeness (QED) is 0.499. The zero-order valence-electron chi connectivity index (χ0n) is 25.4. The largest absolute Gasteiger partial charge is 0.495 e. The molecule has 3 aliphatic rings. The van der Waals surface area contributed by atoms with Crippen LogP contribution in [-0.4, -0.2) is 37.4 Å². The number of carbonyl (C=O) groups is 4. The highest BCUT2D eigenvalue weighted by Gasteiger charge is 2.32. The monoisotopic (exact) mass is 576 g/mol. The van der Waals surface area contributed by atoms with Gasteiger partial charge in [-0.15, -0.1) is 0 Å². The molecule has 0 atom stereocenters. The van der Waals surface area contributed by atoms with E-state index in [1.54, 1.807) is 13.8 Å². The average Bonchev–Trinajstić information content (AvgIpc) is 3.01. The first-order valence-corrected chi connectivity index (χ1v) is 13.3. The second-order valence-electron chi connectivity index (χ2n) is 9.88. The predicted molar refractivity (Wildman–Crippen MR) is 161 cm³/mol. The summed E-state index contributed by atoms with van der Waals surface area (Å²) >= 11 is 0. The molecule has 0 fully saturated rings. The Bertz CT molecular complexity index is 2210. The second kappa shape index (κ2) is 12.4. The topological polar surface area (TPSA) is 86.7 Å². The van der Waals surface area contributed by atoms with E-state index in [4.69, 9.17) is 9.47 Å². The summed E-state index contributed by atoms with van der Waals surface area (Å²) < 4.78 is 11.3. The number of fused-ring (bicyclic) bond motifs is 3. The van der Waals surface area contributed by atoms with Gasteiger partial charge in [0.1, 0.15) is 11.5 Å². The first-order chi connectivity index (χ1) is 21.0. The molecule has 0 saturated heterocycles. The molecule has 3 aliphatic carbocycles. The van der Waals surface area contributed by atoms with Gasteiger partial charge in [0, 0.05) is 22.3 Å². The SMILES string of the molecule is COc1c(C)c(C)c(OC)c2c1=C=C=C=C=C1C(=O)C(C)=C(C)C(=O)C1=C=C=C=C=C1C(=O)C(C)=C(C)C(=O)C1=C=C=C=C=2. The molecule has 0 amide bonds. The lowest BCUT2D eigenvalue weighted by Gasteiger charge is -2.14. The van der Waals surface area contributed by atoms with Crippen LogP contribution in [-0.2, 0) is 19.2 Å². The molecule has 0 aromatic heterocycles. The lowest BCUT2D eigenvalue weighted by molar-refractivity contribution is -0.116. The summed E-state index contributed by atoms with van der Waals surface area (Å²) in [6, 6.07) is 0. The second-order valence-corrected chi connectivity index (χ2v) is 9.88. The number of hydrogen-bond donors (Lipinski definition) is 0. The lowest BCUT2D eigenvalue weighted by Crippen LogP contribution is -2.28. The fourth-order valence-corrected chi connectivity index (χ4v) is 4.62. The molecular weight excluding hydrogens is 552 g/mol. The van der Waals surface area contributed by atoms with Crippen molar-refractivity contribution >= 4 is 34.6 Å². The van der Waals surface area contributed by atoms with Crippen molar-refractivity contribution in [1.29, 1.82) is 0 Å². The number of ketones is 4. The van der Waals surface area contributed by atoms with Gasteiger partial charge in [0.05, 0.1) is 46.9 Å². The summed E-state index contributed by atoms with van der Waals surface area (Å²) in [4.78, 5) is 52.6. The van der Waals surface area contributed by atoms with Crippen LogP contribution in [0.25, 0.3) is 11.5 Å².